The lowest BCUT2D eigenvalue weighted by Crippen LogP contribution is -2.14. The highest BCUT2D eigenvalue weighted by molar-refractivity contribution is 6.24. The summed E-state index contributed by atoms with van der Waals surface area (Å²) in [6.45, 7) is 4.65. The van der Waals surface area contributed by atoms with E-state index in [1.807, 2.05) is 231 Å². The van der Waals surface area contributed by atoms with Gasteiger partial charge in [-0.05, 0) is 105 Å². The molecule has 0 bridgehead atoms. The predicted molar refractivity (Wildman–Crippen MR) is 564 cm³/mol. The summed E-state index contributed by atoms with van der Waals surface area (Å²) in [5.74, 6) is 5.77. The Kier molecular flexibility index (Phi) is 19.9. The summed E-state index contributed by atoms with van der Waals surface area (Å²) in [5, 5.41) is 10.8. The number of para-hydroxylation sites is 5. The Balaban J connectivity index is 0.000000109. The Morgan fingerprint density at radius 1 is 0.157 bits per heavy atom. The summed E-state index contributed by atoms with van der Waals surface area (Å²) >= 11 is 0. The van der Waals surface area contributed by atoms with Gasteiger partial charge in [0.15, 0.2) is 63.6 Å². The van der Waals surface area contributed by atoms with Crippen molar-refractivity contribution in [3.05, 3.63) is 454 Å². The Morgan fingerprint density at radius 3 is 0.864 bits per heavy atom. The molecule has 14 heteroatoms. The summed E-state index contributed by atoms with van der Waals surface area (Å²) < 4.78 is 32.2. The Bertz CT molecular complexity index is 9140. The molecule has 0 radical (unpaired) electrons. The van der Waals surface area contributed by atoms with Crippen LogP contribution in [-0.2, 0) is 5.41 Å². The van der Waals surface area contributed by atoms with Crippen molar-refractivity contribution in [3.8, 4) is 158 Å². The van der Waals surface area contributed by atoms with Crippen molar-refractivity contribution in [3.63, 3.8) is 0 Å². The molecule has 0 aliphatic heterocycles. The van der Waals surface area contributed by atoms with Gasteiger partial charge in [0.1, 0.15) is 44.7 Å². The van der Waals surface area contributed by atoms with Crippen LogP contribution >= 0.6 is 0 Å². The van der Waals surface area contributed by atoms with E-state index < -0.39 is 0 Å². The summed E-state index contributed by atoms with van der Waals surface area (Å²) in [5.41, 5.74) is 30.7. The molecule has 658 valence electrons. The van der Waals surface area contributed by atoms with Gasteiger partial charge in [-0.3, -0.25) is 0 Å². The number of fused-ring (bicyclic) bond motifs is 21. The van der Waals surface area contributed by atoms with Gasteiger partial charge in [0.2, 0.25) is 0 Å². The molecule has 0 fully saturated rings. The van der Waals surface area contributed by atoms with Gasteiger partial charge in [-0.1, -0.05) is 402 Å². The smallest absolute Gasteiger partial charge is 0.178 e. The van der Waals surface area contributed by atoms with Crippen LogP contribution < -0.4 is 0 Å². The highest BCUT2D eigenvalue weighted by Crippen LogP contribution is 2.54. The Hall–Kier alpha value is -18.8. The standard InChI is InChI=1S/C48H33N3O.2C39H23N3O2/c1-48(2)40-27-26-38-37-18-9-10-19-42(37)52-44(38)43(40)39-25-24-36(29-41(39)48)35-17-11-16-34(28-35)30-20-22-33(23-21-30)47-50-45(31-12-5-3-6-13-31)49-46(51-47)32-14-7-4-8-15-32;1-3-10-25(11-4-1)37-40-38(26-12-5-2-6-13-26)42-39(41-37)27-20-18-24(19-21-27)28-15-9-16-31-34-33(44-35(28)31)23-22-30-29-14-7-8-17-32(29)43-36(30)34;1-3-10-25(11-4-1)37-40-38(26-12-5-2-6-13-26)42-39(41-37)27-20-18-24(19-21-27)28-15-9-16-30-32-23-22-31-29-14-7-8-17-33(29)43-35(31)36(32)44-34(28)30/h3-29H,1-2H3;2*1-23H. The zero-order valence-electron chi connectivity index (χ0n) is 75.7. The van der Waals surface area contributed by atoms with E-state index in [1.165, 1.54) is 38.8 Å². The van der Waals surface area contributed by atoms with E-state index in [9.17, 15) is 0 Å². The maximum absolute atomic E-state index is 6.60. The van der Waals surface area contributed by atoms with Crippen LogP contribution in [0.3, 0.4) is 0 Å². The van der Waals surface area contributed by atoms with Crippen LogP contribution in [0.15, 0.2) is 465 Å². The number of hydrogen-bond donors (Lipinski definition) is 0. The molecule has 1 aliphatic carbocycles. The third-order valence-electron chi connectivity index (χ3n) is 26.9. The van der Waals surface area contributed by atoms with E-state index in [0.29, 0.717) is 52.4 Å². The summed E-state index contributed by atoms with van der Waals surface area (Å²) in [6, 6.07) is 151. The molecule has 28 rings (SSSR count). The molecule has 8 aromatic heterocycles. The summed E-state index contributed by atoms with van der Waals surface area (Å²) in [6.07, 6.45) is 0. The number of hydrogen-bond acceptors (Lipinski definition) is 14. The zero-order chi connectivity index (χ0) is 92.9. The van der Waals surface area contributed by atoms with Crippen molar-refractivity contribution in [2.24, 2.45) is 0 Å². The van der Waals surface area contributed by atoms with E-state index in [4.69, 9.17) is 66.9 Å². The van der Waals surface area contributed by atoms with Crippen LogP contribution in [0.2, 0.25) is 0 Å². The predicted octanol–water partition coefficient (Wildman–Crippen LogP) is 33.1. The van der Waals surface area contributed by atoms with E-state index in [2.05, 4.69) is 226 Å². The minimum atomic E-state index is -0.156. The minimum absolute atomic E-state index is 0.156. The molecule has 0 N–H and O–H groups in total. The molecule has 8 heterocycles. The lowest BCUT2D eigenvalue weighted by molar-refractivity contribution is 0.634. The third kappa shape index (κ3) is 14.6. The van der Waals surface area contributed by atoms with Gasteiger partial charge in [0.05, 0.1) is 5.39 Å². The third-order valence-corrected chi connectivity index (χ3v) is 26.9. The van der Waals surface area contributed by atoms with Crippen LogP contribution in [0, 0.1) is 0 Å². The number of benzene rings is 19. The lowest BCUT2D eigenvalue weighted by atomic mass is 9.81. The second kappa shape index (κ2) is 34.0. The molecule has 0 amide bonds. The number of rotatable bonds is 13. The van der Waals surface area contributed by atoms with Crippen LogP contribution in [0.4, 0.5) is 0 Å². The second-order valence-corrected chi connectivity index (χ2v) is 35.7. The van der Waals surface area contributed by atoms with Crippen LogP contribution in [0.5, 0.6) is 0 Å². The fourth-order valence-corrected chi connectivity index (χ4v) is 19.8. The molecule has 14 nitrogen and oxygen atoms in total. The average Bonchev–Trinajstić information content (AvgIpc) is 1.55. The monoisotopic (exact) mass is 1800 g/mol. The van der Waals surface area contributed by atoms with Gasteiger partial charge in [0.25, 0.3) is 0 Å². The fourth-order valence-electron chi connectivity index (χ4n) is 19.8. The van der Waals surface area contributed by atoms with E-state index in [1.54, 1.807) is 0 Å². The summed E-state index contributed by atoms with van der Waals surface area (Å²) in [4.78, 5) is 43.8. The first kappa shape index (κ1) is 81.9. The van der Waals surface area contributed by atoms with Crippen LogP contribution in [0.25, 0.3) is 268 Å². The van der Waals surface area contributed by atoms with Crippen molar-refractivity contribution in [1.29, 1.82) is 0 Å². The molecular formula is C126H79N9O5. The molecular weight excluding hydrogens is 1720 g/mol. The molecule has 27 aromatic rings. The van der Waals surface area contributed by atoms with Crippen LogP contribution in [-0.4, -0.2) is 44.9 Å². The minimum Gasteiger partial charge on any atom is -0.455 e. The Morgan fingerprint density at radius 2 is 0.429 bits per heavy atom. The van der Waals surface area contributed by atoms with Gasteiger partial charge >= 0.3 is 0 Å². The topological polar surface area (TPSA) is 182 Å². The molecule has 19 aromatic carbocycles. The van der Waals surface area contributed by atoms with Crippen molar-refractivity contribution in [2.45, 2.75) is 19.3 Å². The van der Waals surface area contributed by atoms with E-state index in [0.717, 1.165) is 188 Å². The summed E-state index contributed by atoms with van der Waals surface area (Å²) in [7, 11) is 0. The first-order chi connectivity index (χ1) is 69.1. The van der Waals surface area contributed by atoms with Crippen molar-refractivity contribution in [2.75, 3.05) is 0 Å². The molecule has 0 saturated heterocycles. The first-order valence-corrected chi connectivity index (χ1v) is 46.8. The number of nitrogens with zero attached hydrogens (tertiary/aromatic N) is 9. The van der Waals surface area contributed by atoms with E-state index in [-0.39, 0.29) is 5.41 Å². The average molecular weight is 1800 g/mol. The van der Waals surface area contributed by atoms with Crippen molar-refractivity contribution < 1.29 is 22.1 Å². The van der Waals surface area contributed by atoms with Gasteiger partial charge in [-0.2, -0.15) is 0 Å². The number of aromatic nitrogens is 9. The SMILES string of the molecule is CC1(C)c2cc(-c3cccc(-c4ccc(-c5nc(-c6ccccc6)nc(-c6ccccc6)n5)cc4)c3)ccc2-c2c1ccc1c2oc2ccccc21.c1ccc(-c2nc(-c3ccccc3)nc(-c3ccc(-c4cccc5c4oc4c5ccc5c6ccccc6oc54)cc3)n2)cc1.c1ccc(-c2nc(-c3ccccc3)nc(-c3ccc(-c4cccc5c4oc4ccc6c7ccccc7oc6c45)cc3)n2)cc1. The van der Waals surface area contributed by atoms with Gasteiger partial charge < -0.3 is 22.1 Å². The maximum atomic E-state index is 6.60. The van der Waals surface area contributed by atoms with Crippen molar-refractivity contribution in [1.82, 2.24) is 44.9 Å². The highest BCUT2D eigenvalue weighted by Gasteiger charge is 2.38. The Labute approximate surface area is 802 Å². The quantitative estimate of drug-likeness (QED) is 0.106. The largest absolute Gasteiger partial charge is 0.455 e. The lowest BCUT2D eigenvalue weighted by Gasteiger charge is -2.22. The molecule has 0 unspecified atom stereocenters. The molecule has 1 aliphatic rings. The normalized spacial score (nSPS) is 12.1. The maximum Gasteiger partial charge on any atom is 0.178 e. The molecule has 0 atom stereocenters. The van der Waals surface area contributed by atoms with E-state index >= 15 is 0 Å². The fraction of sp³-hybridized carbons (Fsp3) is 0.0238. The van der Waals surface area contributed by atoms with Gasteiger partial charge in [0, 0.05) is 121 Å². The highest BCUT2D eigenvalue weighted by atomic mass is 16.4. The molecule has 0 spiro atoms. The van der Waals surface area contributed by atoms with Crippen molar-refractivity contribution >= 4 is 110 Å². The first-order valence-electron chi connectivity index (χ1n) is 46.8. The van der Waals surface area contributed by atoms with Gasteiger partial charge in [-0.25, -0.2) is 44.9 Å². The van der Waals surface area contributed by atoms with Gasteiger partial charge in [-0.15, -0.1) is 0 Å². The zero-order valence-corrected chi connectivity index (χ0v) is 75.7. The van der Waals surface area contributed by atoms with Crippen LogP contribution in [0.1, 0.15) is 25.0 Å². The molecule has 0 saturated carbocycles. The number of furan rings is 5. The molecule has 140 heavy (non-hydrogen) atoms. The second-order valence-electron chi connectivity index (χ2n) is 35.7.